The van der Waals surface area contributed by atoms with Crippen molar-refractivity contribution in [1.82, 2.24) is 10.2 Å². The third-order valence-corrected chi connectivity index (χ3v) is 4.73. The smallest absolute Gasteiger partial charge is 0.194 e. The van der Waals surface area contributed by atoms with Gasteiger partial charge in [0.2, 0.25) is 0 Å². The van der Waals surface area contributed by atoms with Crippen molar-refractivity contribution in [1.29, 1.82) is 0 Å². The Morgan fingerprint density at radius 2 is 1.89 bits per heavy atom. The summed E-state index contributed by atoms with van der Waals surface area (Å²) in [6.45, 7) is 7.47. The van der Waals surface area contributed by atoms with Crippen LogP contribution in [0.2, 0.25) is 0 Å². The number of aliphatic imine (C=N–C) groups is 1. The van der Waals surface area contributed by atoms with E-state index in [9.17, 15) is 4.39 Å². The molecule has 6 heteroatoms. The lowest BCUT2D eigenvalue weighted by atomic mass is 10.2. The summed E-state index contributed by atoms with van der Waals surface area (Å²) in [5.74, 6) is 0.595. The highest BCUT2D eigenvalue weighted by molar-refractivity contribution is 5.79. The maximum Gasteiger partial charge on any atom is 0.194 e. The molecule has 0 radical (unpaired) electrons. The maximum atomic E-state index is 13.4. The summed E-state index contributed by atoms with van der Waals surface area (Å²) in [6, 6.07) is 15.2. The minimum Gasteiger partial charge on any atom is -0.378 e. The molecule has 1 aliphatic rings. The zero-order chi connectivity index (χ0) is 19.8. The first kappa shape index (κ1) is 20.1. The number of hydrogen-bond donors (Lipinski definition) is 1. The Kier molecular flexibility index (Phi) is 7.25. The summed E-state index contributed by atoms with van der Waals surface area (Å²) < 4.78 is 18.8. The molecular formula is C22H29FN4O. The fraction of sp³-hybridized carbons (Fsp3) is 0.409. The molecule has 0 unspecified atom stereocenters. The van der Waals surface area contributed by atoms with Gasteiger partial charge in [-0.1, -0.05) is 24.3 Å². The number of ether oxygens (including phenoxy) is 1. The Balaban J connectivity index is 1.63. The lowest BCUT2D eigenvalue weighted by Gasteiger charge is -2.28. The van der Waals surface area contributed by atoms with Crippen LogP contribution in [-0.4, -0.2) is 50.8 Å². The number of anilines is 1. The molecule has 0 aromatic heterocycles. The average molecular weight is 384 g/mol. The summed E-state index contributed by atoms with van der Waals surface area (Å²) in [7, 11) is 1.97. The van der Waals surface area contributed by atoms with E-state index in [1.165, 1.54) is 11.8 Å². The lowest BCUT2D eigenvalue weighted by molar-refractivity contribution is 0.122. The van der Waals surface area contributed by atoms with Gasteiger partial charge in [0.15, 0.2) is 5.96 Å². The summed E-state index contributed by atoms with van der Waals surface area (Å²) in [4.78, 5) is 9.10. The molecule has 1 fully saturated rings. The highest BCUT2D eigenvalue weighted by atomic mass is 19.1. The number of benzene rings is 2. The molecule has 2 aromatic rings. The van der Waals surface area contributed by atoms with Gasteiger partial charge < -0.3 is 19.9 Å². The van der Waals surface area contributed by atoms with Crippen molar-refractivity contribution in [3.05, 3.63) is 65.5 Å². The van der Waals surface area contributed by atoms with Crippen molar-refractivity contribution in [3.8, 4) is 0 Å². The molecule has 1 aliphatic heterocycles. The van der Waals surface area contributed by atoms with E-state index >= 15 is 0 Å². The van der Waals surface area contributed by atoms with Crippen LogP contribution in [0.25, 0.3) is 0 Å². The zero-order valence-electron chi connectivity index (χ0n) is 16.7. The SMILES string of the molecule is CCNC(=NCc1ccc(N2CCOCC2)cc1)N(C)Cc1cccc(F)c1. The molecule has 0 aliphatic carbocycles. The molecular weight excluding hydrogens is 355 g/mol. The predicted octanol–water partition coefficient (Wildman–Crippen LogP) is 3.26. The van der Waals surface area contributed by atoms with Gasteiger partial charge in [-0.2, -0.15) is 0 Å². The minimum atomic E-state index is -0.215. The second kappa shape index (κ2) is 10.1. The quantitative estimate of drug-likeness (QED) is 0.613. The van der Waals surface area contributed by atoms with Crippen LogP contribution >= 0.6 is 0 Å². The molecule has 1 saturated heterocycles. The topological polar surface area (TPSA) is 40.1 Å². The Bertz CT molecular complexity index is 772. The average Bonchev–Trinajstić information content (AvgIpc) is 2.72. The Morgan fingerprint density at radius 3 is 2.57 bits per heavy atom. The van der Waals surface area contributed by atoms with E-state index < -0.39 is 0 Å². The molecule has 0 atom stereocenters. The highest BCUT2D eigenvalue weighted by Gasteiger charge is 2.11. The largest absolute Gasteiger partial charge is 0.378 e. The molecule has 1 N–H and O–H groups in total. The Labute approximate surface area is 166 Å². The first-order valence-corrected chi connectivity index (χ1v) is 9.81. The van der Waals surface area contributed by atoms with E-state index in [4.69, 9.17) is 9.73 Å². The summed E-state index contributed by atoms with van der Waals surface area (Å²) in [6.07, 6.45) is 0. The van der Waals surface area contributed by atoms with Crippen LogP contribution in [0.15, 0.2) is 53.5 Å². The van der Waals surface area contributed by atoms with Gasteiger partial charge in [0, 0.05) is 38.9 Å². The monoisotopic (exact) mass is 384 g/mol. The van der Waals surface area contributed by atoms with Gasteiger partial charge in [0.1, 0.15) is 5.82 Å². The molecule has 3 rings (SSSR count). The van der Waals surface area contributed by atoms with E-state index in [1.807, 2.05) is 24.9 Å². The van der Waals surface area contributed by atoms with Crippen LogP contribution in [0.5, 0.6) is 0 Å². The highest BCUT2D eigenvalue weighted by Crippen LogP contribution is 2.17. The summed E-state index contributed by atoms with van der Waals surface area (Å²) >= 11 is 0. The Morgan fingerprint density at radius 1 is 1.14 bits per heavy atom. The molecule has 0 amide bonds. The van der Waals surface area contributed by atoms with Gasteiger partial charge in [-0.15, -0.1) is 0 Å². The second-order valence-electron chi connectivity index (χ2n) is 6.92. The van der Waals surface area contributed by atoms with E-state index in [-0.39, 0.29) is 5.82 Å². The molecule has 28 heavy (non-hydrogen) atoms. The summed E-state index contributed by atoms with van der Waals surface area (Å²) in [5, 5.41) is 3.31. The van der Waals surface area contributed by atoms with Gasteiger partial charge in [-0.25, -0.2) is 9.38 Å². The third-order valence-electron chi connectivity index (χ3n) is 4.73. The van der Waals surface area contributed by atoms with Crippen LogP contribution in [0.1, 0.15) is 18.1 Å². The number of nitrogens with one attached hydrogen (secondary N) is 1. The fourth-order valence-electron chi connectivity index (χ4n) is 3.25. The number of morpholine rings is 1. The first-order chi connectivity index (χ1) is 13.7. The normalized spacial score (nSPS) is 14.8. The molecule has 0 bridgehead atoms. The van der Waals surface area contributed by atoms with Crippen molar-refractivity contribution in [2.75, 3.05) is 44.8 Å². The third kappa shape index (κ3) is 5.70. The summed E-state index contributed by atoms with van der Waals surface area (Å²) in [5.41, 5.74) is 3.31. The molecule has 0 saturated carbocycles. The number of halogens is 1. The predicted molar refractivity (Wildman–Crippen MR) is 112 cm³/mol. The number of nitrogens with zero attached hydrogens (tertiary/aromatic N) is 3. The van der Waals surface area contributed by atoms with E-state index in [2.05, 4.69) is 34.5 Å². The molecule has 150 valence electrons. The van der Waals surface area contributed by atoms with Gasteiger partial charge >= 0.3 is 0 Å². The first-order valence-electron chi connectivity index (χ1n) is 9.81. The van der Waals surface area contributed by atoms with Crippen LogP contribution in [-0.2, 0) is 17.8 Å². The van der Waals surface area contributed by atoms with Crippen molar-refractivity contribution in [3.63, 3.8) is 0 Å². The van der Waals surface area contributed by atoms with Crippen LogP contribution in [0.3, 0.4) is 0 Å². The van der Waals surface area contributed by atoms with E-state index in [0.717, 1.165) is 49.9 Å². The van der Waals surface area contributed by atoms with Crippen LogP contribution in [0, 0.1) is 5.82 Å². The van der Waals surface area contributed by atoms with Gasteiger partial charge in [0.25, 0.3) is 0 Å². The molecule has 5 nitrogen and oxygen atoms in total. The number of rotatable bonds is 6. The van der Waals surface area contributed by atoms with E-state index in [0.29, 0.717) is 13.1 Å². The number of guanidine groups is 1. The second-order valence-corrected chi connectivity index (χ2v) is 6.92. The van der Waals surface area contributed by atoms with Gasteiger partial charge in [0.05, 0.1) is 19.8 Å². The number of hydrogen-bond acceptors (Lipinski definition) is 3. The van der Waals surface area contributed by atoms with Crippen molar-refractivity contribution in [2.24, 2.45) is 4.99 Å². The van der Waals surface area contributed by atoms with Crippen molar-refractivity contribution >= 4 is 11.6 Å². The lowest BCUT2D eigenvalue weighted by Crippen LogP contribution is -2.38. The Hall–Kier alpha value is -2.60. The standard InChI is InChI=1S/C22H29FN4O/c1-3-24-22(26(2)17-19-5-4-6-20(23)15-19)25-16-18-7-9-21(10-8-18)27-11-13-28-14-12-27/h4-10,15H,3,11-14,16-17H2,1-2H3,(H,24,25). The van der Waals surface area contributed by atoms with Crippen LogP contribution in [0.4, 0.5) is 10.1 Å². The minimum absolute atomic E-state index is 0.215. The molecule has 1 heterocycles. The van der Waals surface area contributed by atoms with Gasteiger partial charge in [-0.05, 0) is 42.3 Å². The fourth-order valence-corrected chi connectivity index (χ4v) is 3.25. The van der Waals surface area contributed by atoms with Gasteiger partial charge in [-0.3, -0.25) is 0 Å². The molecule has 0 spiro atoms. The van der Waals surface area contributed by atoms with Crippen molar-refractivity contribution < 1.29 is 9.13 Å². The van der Waals surface area contributed by atoms with Crippen molar-refractivity contribution in [2.45, 2.75) is 20.0 Å². The van der Waals surface area contributed by atoms with E-state index in [1.54, 1.807) is 12.1 Å². The van der Waals surface area contributed by atoms with Crippen LogP contribution < -0.4 is 10.2 Å². The zero-order valence-corrected chi connectivity index (χ0v) is 16.7. The molecule has 2 aromatic carbocycles. The maximum absolute atomic E-state index is 13.4.